The third-order valence-electron chi connectivity index (χ3n) is 3.21. The van der Waals surface area contributed by atoms with Gasteiger partial charge in [-0.25, -0.2) is 0 Å². The number of nitrogen functional groups attached to an aromatic ring is 1. The molecule has 3 rings (SSSR count). The van der Waals surface area contributed by atoms with Crippen molar-refractivity contribution in [1.29, 1.82) is 0 Å². The van der Waals surface area contributed by atoms with E-state index in [1.54, 1.807) is 0 Å². The maximum atomic E-state index is 12.0. The monoisotopic (exact) mass is 262 g/mol. The van der Waals surface area contributed by atoms with Crippen LogP contribution in [-0.4, -0.2) is 23.2 Å². The number of amides is 1. The average molecular weight is 262 g/mol. The van der Waals surface area contributed by atoms with Crippen molar-refractivity contribution in [3.8, 4) is 0 Å². The molecule has 0 spiro atoms. The van der Waals surface area contributed by atoms with Gasteiger partial charge in [-0.15, -0.1) is 11.3 Å². The fourth-order valence-corrected chi connectivity index (χ4v) is 3.08. The molecule has 1 aliphatic carbocycles. The molecule has 0 unspecified atom stereocenters. The van der Waals surface area contributed by atoms with Gasteiger partial charge in [0.25, 0.3) is 5.91 Å². The highest BCUT2D eigenvalue weighted by atomic mass is 32.1. The molecular weight excluding hydrogens is 248 g/mol. The van der Waals surface area contributed by atoms with Crippen LogP contribution in [0, 0.1) is 0 Å². The van der Waals surface area contributed by atoms with Gasteiger partial charge in [0, 0.05) is 16.4 Å². The third kappa shape index (κ3) is 2.07. The molecule has 4 nitrogen and oxygen atoms in total. The molecule has 0 aliphatic heterocycles. The largest absolute Gasteiger partial charge is 0.399 e. The Hall–Kier alpha value is -1.59. The van der Waals surface area contributed by atoms with E-state index < -0.39 is 0 Å². The van der Waals surface area contributed by atoms with Crippen LogP contribution < -0.4 is 11.1 Å². The number of benzene rings is 1. The molecule has 94 valence electrons. The highest BCUT2D eigenvalue weighted by Crippen LogP contribution is 2.28. The molecule has 1 aromatic carbocycles. The van der Waals surface area contributed by atoms with Crippen molar-refractivity contribution in [2.24, 2.45) is 0 Å². The second-order valence-electron chi connectivity index (χ2n) is 4.70. The van der Waals surface area contributed by atoms with Crippen LogP contribution in [0.15, 0.2) is 24.3 Å². The lowest BCUT2D eigenvalue weighted by Gasteiger charge is -2.31. The molecule has 1 aromatic heterocycles. The Bertz CT molecular complexity index is 602. The minimum absolute atomic E-state index is 0.0633. The summed E-state index contributed by atoms with van der Waals surface area (Å²) in [5.74, 6) is -0.0633. The highest BCUT2D eigenvalue weighted by Gasteiger charge is 2.28. The second kappa shape index (κ2) is 4.26. The lowest BCUT2D eigenvalue weighted by molar-refractivity contribution is 0.0564. The maximum Gasteiger partial charge on any atom is 0.261 e. The smallest absolute Gasteiger partial charge is 0.261 e. The van der Waals surface area contributed by atoms with E-state index in [-0.39, 0.29) is 18.1 Å². The highest BCUT2D eigenvalue weighted by molar-refractivity contribution is 7.20. The molecule has 18 heavy (non-hydrogen) atoms. The summed E-state index contributed by atoms with van der Waals surface area (Å²) in [5, 5.41) is 13.1. The Morgan fingerprint density at radius 3 is 2.89 bits per heavy atom. The number of hydrogen-bond acceptors (Lipinski definition) is 4. The zero-order valence-electron chi connectivity index (χ0n) is 9.72. The van der Waals surface area contributed by atoms with E-state index in [0.29, 0.717) is 23.4 Å². The van der Waals surface area contributed by atoms with Crippen LogP contribution in [0.5, 0.6) is 0 Å². The van der Waals surface area contributed by atoms with Gasteiger partial charge in [-0.3, -0.25) is 4.79 Å². The molecule has 1 saturated carbocycles. The molecule has 4 N–H and O–H groups in total. The zero-order valence-corrected chi connectivity index (χ0v) is 10.5. The van der Waals surface area contributed by atoms with E-state index in [2.05, 4.69) is 5.32 Å². The maximum absolute atomic E-state index is 12.0. The summed E-state index contributed by atoms with van der Waals surface area (Å²) in [6.07, 6.45) is 1.06. The minimum Gasteiger partial charge on any atom is -0.399 e. The normalized spacial score (nSPS) is 22.7. The van der Waals surface area contributed by atoms with E-state index in [0.717, 1.165) is 10.1 Å². The summed E-state index contributed by atoms with van der Waals surface area (Å²) < 4.78 is 1.06. The van der Waals surface area contributed by atoms with Gasteiger partial charge in [-0.1, -0.05) is 0 Å². The van der Waals surface area contributed by atoms with Crippen molar-refractivity contribution in [3.63, 3.8) is 0 Å². The predicted molar refractivity (Wildman–Crippen MR) is 72.7 cm³/mol. The first kappa shape index (κ1) is 11.5. The van der Waals surface area contributed by atoms with Crippen molar-refractivity contribution < 1.29 is 9.90 Å². The number of carbonyl (C=O) groups excluding carboxylic acids is 1. The van der Waals surface area contributed by atoms with E-state index in [1.165, 1.54) is 11.3 Å². The van der Waals surface area contributed by atoms with Crippen LogP contribution in [0.4, 0.5) is 5.69 Å². The molecule has 1 amide bonds. The van der Waals surface area contributed by atoms with Gasteiger partial charge in [-0.05, 0) is 42.5 Å². The number of rotatable bonds is 2. The van der Waals surface area contributed by atoms with Crippen molar-refractivity contribution in [2.75, 3.05) is 5.73 Å². The number of thiophene rings is 1. The Morgan fingerprint density at radius 1 is 1.39 bits per heavy atom. The number of anilines is 1. The quantitative estimate of drug-likeness (QED) is 0.722. The van der Waals surface area contributed by atoms with Crippen LogP contribution in [-0.2, 0) is 0 Å². The Balaban J connectivity index is 1.79. The topological polar surface area (TPSA) is 75.4 Å². The summed E-state index contributed by atoms with van der Waals surface area (Å²) >= 11 is 1.46. The van der Waals surface area contributed by atoms with Crippen molar-refractivity contribution in [2.45, 2.75) is 25.0 Å². The van der Waals surface area contributed by atoms with Crippen molar-refractivity contribution in [1.82, 2.24) is 5.32 Å². The van der Waals surface area contributed by atoms with Crippen LogP contribution in [0.2, 0.25) is 0 Å². The first-order valence-corrected chi connectivity index (χ1v) is 6.71. The molecule has 0 saturated heterocycles. The van der Waals surface area contributed by atoms with E-state index in [9.17, 15) is 9.90 Å². The SMILES string of the molecule is Nc1ccc2sc(C(=O)NC3CC(O)C3)cc2c1. The van der Waals surface area contributed by atoms with Gasteiger partial charge < -0.3 is 16.2 Å². The third-order valence-corrected chi connectivity index (χ3v) is 4.33. The molecule has 0 atom stereocenters. The fourth-order valence-electron chi connectivity index (χ4n) is 2.14. The van der Waals surface area contributed by atoms with Gasteiger partial charge in [-0.2, -0.15) is 0 Å². The number of nitrogens with one attached hydrogen (secondary N) is 1. The van der Waals surface area contributed by atoms with Gasteiger partial charge in [0.05, 0.1) is 11.0 Å². The lowest BCUT2D eigenvalue weighted by Crippen LogP contribution is -2.46. The molecule has 2 aromatic rings. The molecular formula is C13H14N2O2S. The van der Waals surface area contributed by atoms with Gasteiger partial charge in [0.1, 0.15) is 0 Å². The number of hydrogen-bond donors (Lipinski definition) is 3. The summed E-state index contributed by atoms with van der Waals surface area (Å²) in [6.45, 7) is 0. The van der Waals surface area contributed by atoms with E-state index in [4.69, 9.17) is 5.73 Å². The lowest BCUT2D eigenvalue weighted by atomic mass is 9.89. The van der Waals surface area contributed by atoms with Crippen LogP contribution in [0.25, 0.3) is 10.1 Å². The van der Waals surface area contributed by atoms with E-state index in [1.807, 2.05) is 24.3 Å². The predicted octanol–water partition coefficient (Wildman–Crippen LogP) is 1.74. The standard InChI is InChI=1S/C13H14N2O2S/c14-8-1-2-11-7(3-8)4-12(18-11)13(17)15-9-5-10(16)6-9/h1-4,9-10,16H,5-6,14H2,(H,15,17). The number of nitrogens with two attached hydrogens (primary N) is 1. The Morgan fingerprint density at radius 2 is 2.17 bits per heavy atom. The first-order chi connectivity index (χ1) is 8.61. The molecule has 5 heteroatoms. The molecule has 1 aliphatic rings. The molecule has 1 heterocycles. The summed E-state index contributed by atoms with van der Waals surface area (Å²) in [6, 6.07) is 7.61. The molecule has 1 fully saturated rings. The van der Waals surface area contributed by atoms with E-state index >= 15 is 0 Å². The second-order valence-corrected chi connectivity index (χ2v) is 5.79. The first-order valence-electron chi connectivity index (χ1n) is 5.90. The Kier molecular flexibility index (Phi) is 2.72. The van der Waals surface area contributed by atoms with Crippen molar-refractivity contribution in [3.05, 3.63) is 29.1 Å². The summed E-state index contributed by atoms with van der Waals surface area (Å²) in [5.41, 5.74) is 6.42. The minimum atomic E-state index is -0.252. The molecule has 0 radical (unpaired) electrons. The van der Waals surface area contributed by atoms with Gasteiger partial charge in [0.15, 0.2) is 0 Å². The zero-order chi connectivity index (χ0) is 12.7. The molecule has 0 bridgehead atoms. The van der Waals surface area contributed by atoms with Gasteiger partial charge >= 0.3 is 0 Å². The number of fused-ring (bicyclic) bond motifs is 1. The average Bonchev–Trinajstić information content (AvgIpc) is 2.69. The van der Waals surface area contributed by atoms with Crippen LogP contribution in [0.3, 0.4) is 0 Å². The number of aliphatic hydroxyl groups excluding tert-OH is 1. The summed E-state index contributed by atoms with van der Waals surface area (Å²) in [7, 11) is 0. The van der Waals surface area contributed by atoms with Gasteiger partial charge in [0.2, 0.25) is 0 Å². The van der Waals surface area contributed by atoms with Crippen LogP contribution >= 0.6 is 11.3 Å². The van der Waals surface area contributed by atoms with Crippen LogP contribution in [0.1, 0.15) is 22.5 Å². The van der Waals surface area contributed by atoms with Crippen molar-refractivity contribution >= 4 is 33.0 Å². The summed E-state index contributed by atoms with van der Waals surface area (Å²) in [4.78, 5) is 12.7. The fraction of sp³-hybridized carbons (Fsp3) is 0.308. The Labute approximate surface area is 108 Å². The number of carbonyl (C=O) groups is 1. The number of aliphatic hydroxyl groups is 1.